The van der Waals surface area contributed by atoms with Crippen molar-refractivity contribution in [3.8, 4) is 0 Å². The van der Waals surface area contributed by atoms with Gasteiger partial charge in [0.25, 0.3) is 5.91 Å². The van der Waals surface area contributed by atoms with Gasteiger partial charge in [0.2, 0.25) is 0 Å². The van der Waals surface area contributed by atoms with E-state index in [0.29, 0.717) is 11.6 Å². The molecule has 1 aliphatic rings. The lowest BCUT2D eigenvalue weighted by Gasteiger charge is -2.11. The van der Waals surface area contributed by atoms with Crippen LogP contribution in [0.15, 0.2) is 0 Å². The van der Waals surface area contributed by atoms with E-state index in [0.717, 1.165) is 18.7 Å². The molecule has 0 saturated heterocycles. The fourth-order valence-electron chi connectivity index (χ4n) is 2.29. The molecule has 1 aromatic rings. The van der Waals surface area contributed by atoms with Crippen molar-refractivity contribution < 1.29 is 4.79 Å². The fraction of sp³-hybridized carbons (Fsp3) is 0.545. The van der Waals surface area contributed by atoms with Crippen LogP contribution in [0.2, 0.25) is 0 Å². The topological polar surface area (TPSA) is 94.9 Å². The maximum Gasteiger partial charge on any atom is 0.254 e. The van der Waals surface area contributed by atoms with Crippen LogP contribution in [0, 0.1) is 6.92 Å². The number of primary amides is 1. The first-order valence-corrected chi connectivity index (χ1v) is 5.53. The number of hydrogen-bond acceptors (Lipinski definition) is 4. The van der Waals surface area contributed by atoms with E-state index in [1.54, 1.807) is 6.92 Å². The van der Waals surface area contributed by atoms with Crippen molar-refractivity contribution in [3.05, 3.63) is 17.1 Å². The second-order valence-electron chi connectivity index (χ2n) is 4.27. The quantitative estimate of drug-likeness (QED) is 0.780. The third-order valence-corrected chi connectivity index (χ3v) is 3.10. The molecule has 1 fully saturated rings. The molecular weight excluding hydrogens is 204 g/mol. The van der Waals surface area contributed by atoms with E-state index in [1.165, 1.54) is 12.8 Å². The summed E-state index contributed by atoms with van der Waals surface area (Å²) in [4.78, 5) is 19.7. The zero-order valence-electron chi connectivity index (χ0n) is 9.36. The highest BCUT2D eigenvalue weighted by atomic mass is 16.1. The van der Waals surface area contributed by atoms with E-state index in [-0.39, 0.29) is 11.4 Å². The van der Waals surface area contributed by atoms with Crippen LogP contribution in [0.25, 0.3) is 0 Å². The second-order valence-corrected chi connectivity index (χ2v) is 4.27. The van der Waals surface area contributed by atoms with Crippen molar-refractivity contribution in [3.63, 3.8) is 0 Å². The predicted molar refractivity (Wildman–Crippen MR) is 60.9 cm³/mol. The number of nitrogen functional groups attached to an aromatic ring is 1. The van der Waals surface area contributed by atoms with Gasteiger partial charge in [-0.25, -0.2) is 9.97 Å². The maximum absolute atomic E-state index is 11.1. The summed E-state index contributed by atoms with van der Waals surface area (Å²) in [6.45, 7) is 1.75. The van der Waals surface area contributed by atoms with E-state index in [9.17, 15) is 4.79 Å². The van der Waals surface area contributed by atoms with Crippen molar-refractivity contribution in [1.29, 1.82) is 0 Å². The van der Waals surface area contributed by atoms with Crippen molar-refractivity contribution >= 4 is 11.7 Å². The summed E-state index contributed by atoms with van der Waals surface area (Å²) in [5.74, 6) is 0.801. The third kappa shape index (κ3) is 1.85. The van der Waals surface area contributed by atoms with Gasteiger partial charge in [-0.2, -0.15) is 0 Å². The normalized spacial score (nSPS) is 16.6. The Hall–Kier alpha value is -1.65. The lowest BCUT2D eigenvalue weighted by atomic mass is 10.1. The molecule has 2 rings (SSSR count). The second kappa shape index (κ2) is 4.08. The van der Waals surface area contributed by atoms with Crippen LogP contribution in [0.1, 0.15) is 53.5 Å². The lowest BCUT2D eigenvalue weighted by Crippen LogP contribution is -2.19. The molecule has 0 unspecified atom stereocenters. The third-order valence-electron chi connectivity index (χ3n) is 3.10. The summed E-state index contributed by atoms with van der Waals surface area (Å²) in [7, 11) is 0. The smallest absolute Gasteiger partial charge is 0.254 e. The number of hydrogen-bond donors (Lipinski definition) is 2. The molecular formula is C11H16N4O. The number of carbonyl (C=O) groups excluding carboxylic acids is 1. The molecule has 86 valence electrons. The molecule has 0 radical (unpaired) electrons. The van der Waals surface area contributed by atoms with Gasteiger partial charge in [0.1, 0.15) is 17.2 Å². The molecule has 1 amide bonds. The zero-order chi connectivity index (χ0) is 11.7. The number of rotatable bonds is 2. The van der Waals surface area contributed by atoms with Gasteiger partial charge in [-0.1, -0.05) is 12.8 Å². The molecule has 1 heterocycles. The monoisotopic (exact) mass is 220 g/mol. The highest BCUT2D eigenvalue weighted by Gasteiger charge is 2.22. The SMILES string of the molecule is Cc1nc(C2CCCC2)nc(N)c1C(N)=O. The van der Waals surface area contributed by atoms with Crippen LogP contribution >= 0.6 is 0 Å². The van der Waals surface area contributed by atoms with Crippen LogP contribution in [0.3, 0.4) is 0 Å². The van der Waals surface area contributed by atoms with Gasteiger partial charge in [0, 0.05) is 5.92 Å². The van der Waals surface area contributed by atoms with Crippen LogP contribution < -0.4 is 11.5 Å². The first-order chi connectivity index (χ1) is 7.59. The average Bonchev–Trinajstić information content (AvgIpc) is 2.67. The van der Waals surface area contributed by atoms with E-state index in [4.69, 9.17) is 11.5 Å². The Bertz CT molecular complexity index is 401. The van der Waals surface area contributed by atoms with Gasteiger partial charge in [0.15, 0.2) is 0 Å². The predicted octanol–water partition coefficient (Wildman–Crippen LogP) is 1.12. The molecule has 0 spiro atoms. The van der Waals surface area contributed by atoms with E-state index >= 15 is 0 Å². The van der Waals surface area contributed by atoms with Gasteiger partial charge < -0.3 is 11.5 Å². The van der Waals surface area contributed by atoms with Crippen LogP contribution in [0.4, 0.5) is 5.82 Å². The summed E-state index contributed by atoms with van der Waals surface area (Å²) in [5, 5.41) is 0. The molecule has 5 nitrogen and oxygen atoms in total. The Morgan fingerprint density at radius 1 is 1.31 bits per heavy atom. The first-order valence-electron chi connectivity index (χ1n) is 5.53. The minimum absolute atomic E-state index is 0.210. The Balaban J connectivity index is 2.40. The summed E-state index contributed by atoms with van der Waals surface area (Å²) in [5.41, 5.74) is 11.8. The minimum atomic E-state index is -0.562. The lowest BCUT2D eigenvalue weighted by molar-refractivity contribution is 0.1000. The molecule has 0 aliphatic heterocycles. The number of carbonyl (C=O) groups is 1. The molecule has 1 aromatic heterocycles. The van der Waals surface area contributed by atoms with Crippen molar-refractivity contribution in [2.45, 2.75) is 38.5 Å². The van der Waals surface area contributed by atoms with Gasteiger partial charge in [-0.15, -0.1) is 0 Å². The summed E-state index contributed by atoms with van der Waals surface area (Å²) in [6, 6.07) is 0. The van der Waals surface area contributed by atoms with Crippen molar-refractivity contribution in [1.82, 2.24) is 9.97 Å². The molecule has 0 atom stereocenters. The Morgan fingerprint density at radius 3 is 2.44 bits per heavy atom. The number of aromatic nitrogens is 2. The largest absolute Gasteiger partial charge is 0.383 e. The number of nitrogens with zero attached hydrogens (tertiary/aromatic N) is 2. The molecule has 16 heavy (non-hydrogen) atoms. The highest BCUT2D eigenvalue weighted by molar-refractivity contribution is 5.98. The Morgan fingerprint density at radius 2 is 1.94 bits per heavy atom. The van der Waals surface area contributed by atoms with E-state index in [2.05, 4.69) is 9.97 Å². The Kier molecular flexibility index (Phi) is 2.77. The molecule has 1 aliphatic carbocycles. The Labute approximate surface area is 94.3 Å². The minimum Gasteiger partial charge on any atom is -0.383 e. The standard InChI is InChI=1S/C11H16N4O/c1-6-8(10(13)16)9(12)15-11(14-6)7-4-2-3-5-7/h7H,2-5H2,1H3,(H2,13,16)(H2,12,14,15). The number of nitrogens with two attached hydrogens (primary N) is 2. The van der Waals surface area contributed by atoms with Crippen LogP contribution in [-0.4, -0.2) is 15.9 Å². The number of anilines is 1. The van der Waals surface area contributed by atoms with Crippen LogP contribution in [0.5, 0.6) is 0 Å². The van der Waals surface area contributed by atoms with Gasteiger partial charge in [-0.05, 0) is 19.8 Å². The summed E-state index contributed by atoms with van der Waals surface area (Å²) in [6.07, 6.45) is 4.64. The fourth-order valence-corrected chi connectivity index (χ4v) is 2.29. The van der Waals surface area contributed by atoms with Gasteiger partial charge in [0.05, 0.1) is 5.69 Å². The van der Waals surface area contributed by atoms with Gasteiger partial charge >= 0.3 is 0 Å². The molecule has 4 N–H and O–H groups in total. The van der Waals surface area contributed by atoms with Crippen molar-refractivity contribution in [2.75, 3.05) is 5.73 Å². The van der Waals surface area contributed by atoms with E-state index in [1.807, 2.05) is 0 Å². The zero-order valence-corrected chi connectivity index (χ0v) is 9.36. The summed E-state index contributed by atoms with van der Waals surface area (Å²) < 4.78 is 0. The molecule has 0 aromatic carbocycles. The molecule has 1 saturated carbocycles. The highest BCUT2D eigenvalue weighted by Crippen LogP contribution is 2.32. The maximum atomic E-state index is 11.1. The summed E-state index contributed by atoms with van der Waals surface area (Å²) >= 11 is 0. The molecule has 5 heteroatoms. The average molecular weight is 220 g/mol. The van der Waals surface area contributed by atoms with Crippen molar-refractivity contribution in [2.24, 2.45) is 5.73 Å². The van der Waals surface area contributed by atoms with Crippen LogP contribution in [-0.2, 0) is 0 Å². The number of amides is 1. The van der Waals surface area contributed by atoms with E-state index < -0.39 is 5.91 Å². The first kappa shape index (κ1) is 10.9. The van der Waals surface area contributed by atoms with Gasteiger partial charge in [-0.3, -0.25) is 4.79 Å². The molecule has 0 bridgehead atoms. The number of aryl methyl sites for hydroxylation is 1.